The lowest BCUT2D eigenvalue weighted by Crippen LogP contribution is -2.42. The number of carbonyl (C=O) groups excluding carboxylic acids is 1. The van der Waals surface area contributed by atoms with Crippen molar-refractivity contribution in [1.29, 1.82) is 0 Å². The standard InChI is InChI=1S/C16H23FN2O2/c1-12-9-13(3-4-15(12)17)10-18-16(20)11-19-7-5-14(21-2)6-8-19/h3-4,9,14H,5-8,10-11H2,1-2H3,(H,18,20). The van der Waals surface area contributed by atoms with E-state index in [1.54, 1.807) is 26.2 Å². The van der Waals surface area contributed by atoms with E-state index in [-0.39, 0.29) is 11.7 Å². The third kappa shape index (κ3) is 4.79. The van der Waals surface area contributed by atoms with Crippen LogP contribution in [0.25, 0.3) is 0 Å². The molecule has 1 amide bonds. The van der Waals surface area contributed by atoms with Crippen LogP contribution in [0.2, 0.25) is 0 Å². The van der Waals surface area contributed by atoms with E-state index < -0.39 is 0 Å². The molecule has 0 aliphatic carbocycles. The molecule has 5 heteroatoms. The molecular weight excluding hydrogens is 271 g/mol. The Morgan fingerprint density at radius 1 is 1.43 bits per heavy atom. The Labute approximate surface area is 125 Å². The summed E-state index contributed by atoms with van der Waals surface area (Å²) in [6, 6.07) is 4.90. The maximum atomic E-state index is 13.2. The second kappa shape index (κ2) is 7.52. The number of carbonyl (C=O) groups is 1. The number of ether oxygens (including phenoxy) is 1. The zero-order chi connectivity index (χ0) is 15.2. The summed E-state index contributed by atoms with van der Waals surface area (Å²) in [5.74, 6) is -0.209. The number of halogens is 1. The quantitative estimate of drug-likeness (QED) is 0.901. The zero-order valence-corrected chi connectivity index (χ0v) is 12.7. The average Bonchev–Trinajstić information content (AvgIpc) is 2.49. The molecule has 2 rings (SSSR count). The molecule has 1 heterocycles. The van der Waals surface area contributed by atoms with Crippen molar-refractivity contribution < 1.29 is 13.9 Å². The van der Waals surface area contributed by atoms with E-state index in [4.69, 9.17) is 4.74 Å². The van der Waals surface area contributed by atoms with Gasteiger partial charge in [0.1, 0.15) is 5.82 Å². The maximum absolute atomic E-state index is 13.2. The lowest BCUT2D eigenvalue weighted by atomic mass is 10.1. The van der Waals surface area contributed by atoms with Crippen LogP contribution < -0.4 is 5.32 Å². The van der Waals surface area contributed by atoms with Gasteiger partial charge in [-0.1, -0.05) is 12.1 Å². The predicted octanol–water partition coefficient (Wildman–Crippen LogP) is 1.86. The molecule has 1 N–H and O–H groups in total. The number of piperidine rings is 1. The first-order chi connectivity index (χ1) is 10.1. The minimum absolute atomic E-state index is 0.00726. The Hall–Kier alpha value is -1.46. The summed E-state index contributed by atoms with van der Waals surface area (Å²) in [6.07, 6.45) is 2.27. The molecule has 1 fully saturated rings. The Morgan fingerprint density at radius 3 is 2.76 bits per heavy atom. The number of likely N-dealkylation sites (tertiary alicyclic amines) is 1. The first-order valence-corrected chi connectivity index (χ1v) is 7.35. The molecule has 0 atom stereocenters. The lowest BCUT2D eigenvalue weighted by Gasteiger charge is -2.30. The van der Waals surface area contributed by atoms with Crippen molar-refractivity contribution in [2.45, 2.75) is 32.4 Å². The van der Waals surface area contributed by atoms with Crippen LogP contribution in [0.15, 0.2) is 18.2 Å². The van der Waals surface area contributed by atoms with Crippen LogP contribution in [-0.4, -0.2) is 43.7 Å². The number of nitrogens with one attached hydrogen (secondary N) is 1. The van der Waals surface area contributed by atoms with Crippen molar-refractivity contribution in [3.8, 4) is 0 Å². The number of hydrogen-bond acceptors (Lipinski definition) is 3. The summed E-state index contributed by atoms with van der Waals surface area (Å²) >= 11 is 0. The molecule has 0 aromatic heterocycles. The van der Waals surface area contributed by atoms with Gasteiger partial charge in [-0.3, -0.25) is 9.69 Å². The number of aryl methyl sites for hydroxylation is 1. The van der Waals surface area contributed by atoms with Crippen molar-refractivity contribution in [3.63, 3.8) is 0 Å². The van der Waals surface area contributed by atoms with Crippen molar-refractivity contribution in [2.24, 2.45) is 0 Å². The van der Waals surface area contributed by atoms with Gasteiger partial charge in [-0.2, -0.15) is 0 Å². The molecule has 0 saturated carbocycles. The molecule has 0 radical (unpaired) electrons. The first kappa shape index (κ1) is 15.9. The van der Waals surface area contributed by atoms with Gasteiger partial charge in [0.2, 0.25) is 5.91 Å². The van der Waals surface area contributed by atoms with E-state index in [1.165, 1.54) is 6.07 Å². The van der Waals surface area contributed by atoms with Crippen LogP contribution in [0.3, 0.4) is 0 Å². The molecule has 21 heavy (non-hydrogen) atoms. The minimum atomic E-state index is -0.217. The second-order valence-corrected chi connectivity index (χ2v) is 5.57. The van der Waals surface area contributed by atoms with E-state index >= 15 is 0 Å². The lowest BCUT2D eigenvalue weighted by molar-refractivity contribution is -0.123. The monoisotopic (exact) mass is 294 g/mol. The SMILES string of the molecule is COC1CCN(CC(=O)NCc2ccc(F)c(C)c2)CC1. The Bertz CT molecular complexity index is 485. The number of benzene rings is 1. The van der Waals surface area contributed by atoms with E-state index in [0.717, 1.165) is 31.5 Å². The second-order valence-electron chi connectivity index (χ2n) is 5.57. The van der Waals surface area contributed by atoms with Crippen LogP contribution >= 0.6 is 0 Å². The number of nitrogens with zero attached hydrogens (tertiary/aromatic N) is 1. The van der Waals surface area contributed by atoms with Crippen molar-refractivity contribution in [3.05, 3.63) is 35.1 Å². The minimum Gasteiger partial charge on any atom is -0.381 e. The van der Waals surface area contributed by atoms with Crippen molar-refractivity contribution >= 4 is 5.91 Å². The van der Waals surface area contributed by atoms with Crippen LogP contribution in [-0.2, 0) is 16.1 Å². The topological polar surface area (TPSA) is 41.6 Å². The van der Waals surface area contributed by atoms with Gasteiger partial charge in [-0.05, 0) is 37.0 Å². The van der Waals surface area contributed by atoms with Crippen LogP contribution in [0.1, 0.15) is 24.0 Å². The molecule has 1 saturated heterocycles. The number of methoxy groups -OCH3 is 1. The summed E-state index contributed by atoms with van der Waals surface area (Å²) in [5, 5.41) is 2.88. The summed E-state index contributed by atoms with van der Waals surface area (Å²) in [5.41, 5.74) is 1.52. The zero-order valence-electron chi connectivity index (χ0n) is 12.7. The van der Waals surface area contributed by atoms with Gasteiger partial charge in [0.05, 0.1) is 12.6 Å². The molecule has 0 spiro atoms. The van der Waals surface area contributed by atoms with E-state index in [0.29, 0.717) is 24.8 Å². The first-order valence-electron chi connectivity index (χ1n) is 7.35. The van der Waals surface area contributed by atoms with E-state index in [2.05, 4.69) is 10.2 Å². The number of rotatable bonds is 5. The summed E-state index contributed by atoms with van der Waals surface area (Å²) in [4.78, 5) is 14.1. The fraction of sp³-hybridized carbons (Fsp3) is 0.562. The molecule has 0 bridgehead atoms. The van der Waals surface area contributed by atoms with E-state index in [1.807, 2.05) is 0 Å². The van der Waals surface area contributed by atoms with Crippen LogP contribution in [0.4, 0.5) is 4.39 Å². The maximum Gasteiger partial charge on any atom is 0.234 e. The summed E-state index contributed by atoms with van der Waals surface area (Å²) in [7, 11) is 1.73. The highest BCUT2D eigenvalue weighted by atomic mass is 19.1. The molecule has 116 valence electrons. The van der Waals surface area contributed by atoms with Crippen LogP contribution in [0, 0.1) is 12.7 Å². The van der Waals surface area contributed by atoms with Crippen LogP contribution in [0.5, 0.6) is 0 Å². The third-order valence-corrected chi connectivity index (χ3v) is 3.95. The third-order valence-electron chi connectivity index (χ3n) is 3.95. The van der Waals surface area contributed by atoms with Gasteiger partial charge in [0, 0.05) is 26.7 Å². The molecule has 1 aromatic rings. The fourth-order valence-corrected chi connectivity index (χ4v) is 2.58. The average molecular weight is 294 g/mol. The van der Waals surface area contributed by atoms with Gasteiger partial charge in [-0.15, -0.1) is 0 Å². The number of amides is 1. The largest absolute Gasteiger partial charge is 0.381 e. The Kier molecular flexibility index (Phi) is 5.70. The van der Waals surface area contributed by atoms with E-state index in [9.17, 15) is 9.18 Å². The summed E-state index contributed by atoms with van der Waals surface area (Å²) < 4.78 is 18.5. The van der Waals surface area contributed by atoms with Gasteiger partial charge >= 0.3 is 0 Å². The molecule has 1 aliphatic rings. The molecule has 4 nitrogen and oxygen atoms in total. The highest BCUT2D eigenvalue weighted by Gasteiger charge is 2.20. The Morgan fingerprint density at radius 2 is 2.14 bits per heavy atom. The molecule has 1 aromatic carbocycles. The van der Waals surface area contributed by atoms with Gasteiger partial charge in [0.15, 0.2) is 0 Å². The predicted molar refractivity (Wildman–Crippen MR) is 79.5 cm³/mol. The molecule has 0 unspecified atom stereocenters. The van der Waals surface area contributed by atoms with Crippen molar-refractivity contribution in [1.82, 2.24) is 10.2 Å². The van der Waals surface area contributed by atoms with Gasteiger partial charge in [-0.25, -0.2) is 4.39 Å². The Balaban J connectivity index is 1.73. The number of hydrogen-bond donors (Lipinski definition) is 1. The van der Waals surface area contributed by atoms with Crippen molar-refractivity contribution in [2.75, 3.05) is 26.7 Å². The summed E-state index contributed by atoms with van der Waals surface area (Å²) in [6.45, 7) is 4.36. The smallest absolute Gasteiger partial charge is 0.234 e. The molecule has 1 aliphatic heterocycles. The fourth-order valence-electron chi connectivity index (χ4n) is 2.58. The van der Waals surface area contributed by atoms with Gasteiger partial charge < -0.3 is 10.1 Å². The molecular formula is C16H23FN2O2. The normalized spacial score (nSPS) is 16.9. The highest BCUT2D eigenvalue weighted by molar-refractivity contribution is 5.78. The van der Waals surface area contributed by atoms with Gasteiger partial charge in [0.25, 0.3) is 0 Å². The highest BCUT2D eigenvalue weighted by Crippen LogP contribution is 2.12.